The Balaban J connectivity index is 1.96. The van der Waals surface area contributed by atoms with Crippen molar-refractivity contribution in [3.8, 4) is 0 Å². The van der Waals surface area contributed by atoms with E-state index in [1.807, 2.05) is 12.1 Å². The molecule has 0 radical (unpaired) electrons. The molecule has 4 heteroatoms. The lowest BCUT2D eigenvalue weighted by Crippen LogP contribution is -2.32. The third-order valence-electron chi connectivity index (χ3n) is 3.61. The number of hydrogen-bond acceptors (Lipinski definition) is 3. The first-order valence-corrected chi connectivity index (χ1v) is 6.60. The zero-order valence-corrected chi connectivity index (χ0v) is 11.0. The SMILES string of the molecule is Cc1ccccc1Cc1nc2c(c(=O)[nH]1)CNCC2. The van der Waals surface area contributed by atoms with Crippen molar-refractivity contribution in [2.75, 3.05) is 6.54 Å². The summed E-state index contributed by atoms with van der Waals surface area (Å²) >= 11 is 0. The molecular formula is C15H17N3O. The largest absolute Gasteiger partial charge is 0.312 e. The van der Waals surface area contributed by atoms with Gasteiger partial charge in [-0.3, -0.25) is 4.79 Å². The van der Waals surface area contributed by atoms with Gasteiger partial charge in [0.15, 0.2) is 0 Å². The van der Waals surface area contributed by atoms with E-state index in [-0.39, 0.29) is 5.56 Å². The van der Waals surface area contributed by atoms with Gasteiger partial charge in [-0.2, -0.15) is 0 Å². The first-order chi connectivity index (χ1) is 9.24. The van der Waals surface area contributed by atoms with Gasteiger partial charge in [-0.1, -0.05) is 24.3 Å². The fraction of sp³-hybridized carbons (Fsp3) is 0.333. The molecule has 4 nitrogen and oxygen atoms in total. The molecular weight excluding hydrogens is 238 g/mol. The van der Waals surface area contributed by atoms with Crippen LogP contribution in [0.3, 0.4) is 0 Å². The maximum atomic E-state index is 12.0. The predicted molar refractivity (Wildman–Crippen MR) is 74.3 cm³/mol. The summed E-state index contributed by atoms with van der Waals surface area (Å²) in [5.41, 5.74) is 4.18. The summed E-state index contributed by atoms with van der Waals surface area (Å²) in [6.45, 7) is 3.60. The molecule has 2 N–H and O–H groups in total. The van der Waals surface area contributed by atoms with Crippen LogP contribution in [-0.4, -0.2) is 16.5 Å². The highest BCUT2D eigenvalue weighted by Gasteiger charge is 2.15. The van der Waals surface area contributed by atoms with Gasteiger partial charge in [0.2, 0.25) is 0 Å². The fourth-order valence-corrected chi connectivity index (χ4v) is 2.48. The third kappa shape index (κ3) is 2.44. The second-order valence-corrected chi connectivity index (χ2v) is 4.97. The zero-order valence-electron chi connectivity index (χ0n) is 11.0. The van der Waals surface area contributed by atoms with Crippen LogP contribution in [-0.2, 0) is 19.4 Å². The monoisotopic (exact) mass is 255 g/mol. The Hall–Kier alpha value is -1.94. The molecule has 0 amide bonds. The van der Waals surface area contributed by atoms with E-state index in [1.165, 1.54) is 11.1 Å². The summed E-state index contributed by atoms with van der Waals surface area (Å²) in [5, 5.41) is 3.20. The Bertz CT molecular complexity index is 661. The van der Waals surface area contributed by atoms with E-state index in [0.717, 1.165) is 30.0 Å². The first kappa shape index (κ1) is 12.1. The number of nitrogens with zero attached hydrogens (tertiary/aromatic N) is 1. The molecule has 1 aromatic carbocycles. The summed E-state index contributed by atoms with van der Waals surface area (Å²) < 4.78 is 0. The number of aromatic amines is 1. The molecule has 0 aliphatic carbocycles. The Morgan fingerprint density at radius 3 is 3.00 bits per heavy atom. The second kappa shape index (κ2) is 4.97. The van der Waals surface area contributed by atoms with E-state index < -0.39 is 0 Å². The zero-order chi connectivity index (χ0) is 13.2. The number of nitrogens with one attached hydrogen (secondary N) is 2. The van der Waals surface area contributed by atoms with E-state index in [2.05, 4.69) is 34.3 Å². The fourth-order valence-electron chi connectivity index (χ4n) is 2.48. The Labute approximate surface area is 111 Å². The molecule has 1 aliphatic heterocycles. The van der Waals surface area contributed by atoms with E-state index in [1.54, 1.807) is 0 Å². The Kier molecular flexibility index (Phi) is 3.17. The Morgan fingerprint density at radius 1 is 1.32 bits per heavy atom. The highest BCUT2D eigenvalue weighted by Crippen LogP contribution is 2.12. The minimum atomic E-state index is 0.000726. The molecule has 2 aromatic rings. The van der Waals surface area contributed by atoms with Crippen LogP contribution in [0.2, 0.25) is 0 Å². The van der Waals surface area contributed by atoms with Gasteiger partial charge in [-0.25, -0.2) is 4.98 Å². The van der Waals surface area contributed by atoms with Gasteiger partial charge in [-0.15, -0.1) is 0 Å². The van der Waals surface area contributed by atoms with Gasteiger partial charge in [0.05, 0.1) is 11.3 Å². The van der Waals surface area contributed by atoms with E-state index in [9.17, 15) is 4.79 Å². The first-order valence-electron chi connectivity index (χ1n) is 6.60. The van der Waals surface area contributed by atoms with Crippen LogP contribution < -0.4 is 10.9 Å². The van der Waals surface area contributed by atoms with Gasteiger partial charge < -0.3 is 10.3 Å². The van der Waals surface area contributed by atoms with E-state index in [0.29, 0.717) is 13.0 Å². The molecule has 0 atom stereocenters. The predicted octanol–water partition coefficient (Wildman–Crippen LogP) is 1.31. The van der Waals surface area contributed by atoms with Crippen molar-refractivity contribution >= 4 is 0 Å². The van der Waals surface area contributed by atoms with Gasteiger partial charge >= 0.3 is 0 Å². The number of H-pyrrole nitrogens is 1. The molecule has 0 saturated carbocycles. The van der Waals surface area contributed by atoms with Crippen molar-refractivity contribution < 1.29 is 0 Å². The third-order valence-corrected chi connectivity index (χ3v) is 3.61. The standard InChI is InChI=1S/C15H17N3O/c1-10-4-2-3-5-11(10)8-14-17-13-6-7-16-9-12(13)15(19)18-14/h2-5,16H,6-9H2,1H3,(H,17,18,19). The molecule has 98 valence electrons. The Morgan fingerprint density at radius 2 is 2.16 bits per heavy atom. The van der Waals surface area contributed by atoms with Gasteiger partial charge in [0.1, 0.15) is 5.82 Å². The van der Waals surface area contributed by atoms with Crippen LogP contribution in [0.4, 0.5) is 0 Å². The smallest absolute Gasteiger partial charge is 0.255 e. The highest BCUT2D eigenvalue weighted by molar-refractivity contribution is 5.29. The van der Waals surface area contributed by atoms with E-state index >= 15 is 0 Å². The van der Waals surface area contributed by atoms with Crippen LogP contribution in [0.1, 0.15) is 28.2 Å². The second-order valence-electron chi connectivity index (χ2n) is 4.97. The number of rotatable bonds is 2. The minimum absolute atomic E-state index is 0.000726. The molecule has 1 aromatic heterocycles. The molecule has 0 bridgehead atoms. The molecule has 2 heterocycles. The van der Waals surface area contributed by atoms with Crippen LogP contribution in [0.25, 0.3) is 0 Å². The molecule has 3 rings (SSSR count). The van der Waals surface area contributed by atoms with E-state index in [4.69, 9.17) is 0 Å². The minimum Gasteiger partial charge on any atom is -0.312 e. The lowest BCUT2D eigenvalue weighted by molar-refractivity contribution is 0.615. The number of benzene rings is 1. The number of aromatic nitrogens is 2. The summed E-state index contributed by atoms with van der Waals surface area (Å²) in [6, 6.07) is 8.20. The molecule has 0 unspecified atom stereocenters. The summed E-state index contributed by atoms with van der Waals surface area (Å²) in [4.78, 5) is 19.5. The van der Waals surface area contributed by atoms with Crippen molar-refractivity contribution in [3.63, 3.8) is 0 Å². The van der Waals surface area contributed by atoms with Crippen LogP contribution in [0.5, 0.6) is 0 Å². The summed E-state index contributed by atoms with van der Waals surface area (Å²) in [5.74, 6) is 0.764. The lowest BCUT2D eigenvalue weighted by Gasteiger charge is -2.16. The average molecular weight is 255 g/mol. The van der Waals surface area contributed by atoms with Crippen molar-refractivity contribution in [1.29, 1.82) is 0 Å². The van der Waals surface area contributed by atoms with Crippen molar-refractivity contribution in [1.82, 2.24) is 15.3 Å². The van der Waals surface area contributed by atoms with Crippen molar-refractivity contribution in [2.45, 2.75) is 26.3 Å². The molecule has 0 spiro atoms. The number of fused-ring (bicyclic) bond motifs is 1. The van der Waals surface area contributed by atoms with Gasteiger partial charge in [-0.05, 0) is 18.1 Å². The molecule has 0 fully saturated rings. The lowest BCUT2D eigenvalue weighted by atomic mass is 10.0. The summed E-state index contributed by atoms with van der Waals surface area (Å²) in [7, 11) is 0. The topological polar surface area (TPSA) is 57.8 Å². The summed E-state index contributed by atoms with van der Waals surface area (Å²) in [6.07, 6.45) is 1.52. The van der Waals surface area contributed by atoms with Crippen molar-refractivity contribution in [2.24, 2.45) is 0 Å². The van der Waals surface area contributed by atoms with Crippen molar-refractivity contribution in [3.05, 3.63) is 62.8 Å². The molecule has 19 heavy (non-hydrogen) atoms. The van der Waals surface area contributed by atoms with Gasteiger partial charge in [0.25, 0.3) is 5.56 Å². The van der Waals surface area contributed by atoms with Crippen LogP contribution >= 0.6 is 0 Å². The molecule has 0 saturated heterocycles. The quantitative estimate of drug-likeness (QED) is 0.850. The normalized spacial score (nSPS) is 14.2. The molecule has 1 aliphatic rings. The number of aryl methyl sites for hydroxylation is 1. The van der Waals surface area contributed by atoms with Crippen LogP contribution in [0.15, 0.2) is 29.1 Å². The highest BCUT2D eigenvalue weighted by atomic mass is 16.1. The number of hydrogen-bond donors (Lipinski definition) is 2. The maximum Gasteiger partial charge on any atom is 0.255 e. The van der Waals surface area contributed by atoms with Crippen LogP contribution in [0, 0.1) is 6.92 Å². The average Bonchev–Trinajstić information content (AvgIpc) is 2.42. The maximum absolute atomic E-state index is 12.0. The van der Waals surface area contributed by atoms with Gasteiger partial charge in [0, 0.05) is 25.9 Å².